The van der Waals surface area contributed by atoms with Gasteiger partial charge in [0.25, 0.3) is 0 Å². The first-order chi connectivity index (χ1) is 12.2. The first-order valence-electron chi connectivity index (χ1n) is 8.37. The van der Waals surface area contributed by atoms with Gasteiger partial charge in [-0.15, -0.1) is 0 Å². The van der Waals surface area contributed by atoms with E-state index in [1.807, 2.05) is 18.3 Å². The zero-order valence-electron chi connectivity index (χ0n) is 13.9. The number of amides is 1. The normalized spacial score (nSPS) is 12.2. The second-order valence-corrected chi connectivity index (χ2v) is 6.00. The number of aryl methyl sites for hydroxylation is 1. The van der Waals surface area contributed by atoms with Gasteiger partial charge in [-0.1, -0.05) is 30.3 Å². The zero-order chi connectivity index (χ0) is 17.6. The van der Waals surface area contributed by atoms with Gasteiger partial charge in [0.15, 0.2) is 0 Å². The maximum atomic E-state index is 13.0. The van der Waals surface area contributed by atoms with E-state index in [4.69, 9.17) is 0 Å². The van der Waals surface area contributed by atoms with Crippen molar-refractivity contribution in [1.82, 2.24) is 9.88 Å². The number of aliphatic hydroxyl groups excluding tert-OH is 1. The van der Waals surface area contributed by atoms with Crippen molar-refractivity contribution in [2.24, 2.45) is 0 Å². The van der Waals surface area contributed by atoms with Gasteiger partial charge >= 0.3 is 0 Å². The number of carbonyl (C=O) groups is 1. The molecule has 1 amide bonds. The summed E-state index contributed by atoms with van der Waals surface area (Å²) in [7, 11) is 0. The fraction of sp³-hybridized carbons (Fsp3) is 0.250. The topological polar surface area (TPSA) is 54.3 Å². The van der Waals surface area contributed by atoms with E-state index in [2.05, 4.69) is 28.1 Å². The third-order valence-electron chi connectivity index (χ3n) is 4.33. The van der Waals surface area contributed by atoms with Crippen LogP contribution in [0, 0.1) is 5.82 Å². The molecule has 0 aliphatic carbocycles. The Morgan fingerprint density at radius 1 is 1.12 bits per heavy atom. The molecule has 3 rings (SSSR count). The van der Waals surface area contributed by atoms with Crippen LogP contribution in [0.5, 0.6) is 0 Å². The van der Waals surface area contributed by atoms with Gasteiger partial charge in [0.05, 0.1) is 12.5 Å². The summed E-state index contributed by atoms with van der Waals surface area (Å²) in [6.45, 7) is 1.01. The number of hydrogen-bond acceptors (Lipinski definition) is 2. The fourth-order valence-electron chi connectivity index (χ4n) is 2.95. The minimum atomic E-state index is -0.673. The Balaban J connectivity index is 1.52. The van der Waals surface area contributed by atoms with E-state index < -0.39 is 5.92 Å². The molecule has 4 nitrogen and oxygen atoms in total. The second kappa shape index (κ2) is 7.94. The minimum absolute atomic E-state index is 0.244. The van der Waals surface area contributed by atoms with E-state index in [-0.39, 0.29) is 18.3 Å². The number of fused-ring (bicyclic) bond motifs is 1. The molecule has 0 aliphatic rings. The van der Waals surface area contributed by atoms with Crippen LogP contribution in [0.1, 0.15) is 17.9 Å². The molecule has 0 radical (unpaired) electrons. The van der Waals surface area contributed by atoms with Crippen molar-refractivity contribution >= 4 is 16.8 Å². The molecule has 0 unspecified atom stereocenters. The summed E-state index contributed by atoms with van der Waals surface area (Å²) in [5.41, 5.74) is 1.78. The van der Waals surface area contributed by atoms with E-state index in [1.165, 1.54) is 35.2 Å². The summed E-state index contributed by atoms with van der Waals surface area (Å²) >= 11 is 0. The summed E-state index contributed by atoms with van der Waals surface area (Å²) in [6, 6.07) is 15.9. The second-order valence-electron chi connectivity index (χ2n) is 6.00. The number of carbonyl (C=O) groups excluding carboxylic acids is 1. The molecule has 1 aromatic heterocycles. The van der Waals surface area contributed by atoms with Crippen molar-refractivity contribution in [2.75, 3.05) is 13.2 Å². The van der Waals surface area contributed by atoms with Gasteiger partial charge in [0.2, 0.25) is 5.91 Å². The van der Waals surface area contributed by atoms with Crippen LogP contribution in [0.4, 0.5) is 4.39 Å². The summed E-state index contributed by atoms with van der Waals surface area (Å²) < 4.78 is 15.1. The Hall–Kier alpha value is -2.66. The lowest BCUT2D eigenvalue weighted by molar-refractivity contribution is -0.123. The van der Waals surface area contributed by atoms with Gasteiger partial charge < -0.3 is 15.0 Å². The predicted octanol–water partition coefficient (Wildman–Crippen LogP) is 3.06. The Morgan fingerprint density at radius 3 is 2.64 bits per heavy atom. The van der Waals surface area contributed by atoms with Gasteiger partial charge in [-0.25, -0.2) is 4.39 Å². The lowest BCUT2D eigenvalue weighted by Gasteiger charge is -2.15. The SMILES string of the molecule is O=C(NCCCn1ccc2ccccc21)[C@H](CO)c1ccc(F)cc1. The van der Waals surface area contributed by atoms with E-state index in [9.17, 15) is 14.3 Å². The highest BCUT2D eigenvalue weighted by Gasteiger charge is 2.19. The van der Waals surface area contributed by atoms with Crippen LogP contribution in [0.3, 0.4) is 0 Å². The average molecular weight is 340 g/mol. The summed E-state index contributed by atoms with van der Waals surface area (Å²) in [5.74, 6) is -1.28. The van der Waals surface area contributed by atoms with Crippen LogP contribution in [0.15, 0.2) is 60.8 Å². The predicted molar refractivity (Wildman–Crippen MR) is 95.8 cm³/mol. The molecule has 130 valence electrons. The standard InChI is InChI=1S/C20H21FN2O2/c21-17-8-6-15(7-9-17)18(14-24)20(25)22-11-3-12-23-13-10-16-4-1-2-5-19(16)23/h1-2,4-10,13,18,24H,3,11-12,14H2,(H,22,25)/t18-/m1/s1. The quantitative estimate of drug-likeness (QED) is 0.650. The van der Waals surface area contributed by atoms with Crippen LogP contribution in [-0.4, -0.2) is 28.7 Å². The highest BCUT2D eigenvalue weighted by Crippen LogP contribution is 2.17. The van der Waals surface area contributed by atoms with Gasteiger partial charge in [-0.3, -0.25) is 4.79 Å². The molecule has 1 heterocycles. The number of hydrogen-bond donors (Lipinski definition) is 2. The smallest absolute Gasteiger partial charge is 0.229 e. The minimum Gasteiger partial charge on any atom is -0.395 e. The van der Waals surface area contributed by atoms with E-state index in [0.29, 0.717) is 12.1 Å². The van der Waals surface area contributed by atoms with Gasteiger partial charge in [-0.2, -0.15) is 0 Å². The van der Waals surface area contributed by atoms with Gasteiger partial charge in [-0.05, 0) is 41.6 Å². The number of nitrogens with one attached hydrogen (secondary N) is 1. The van der Waals surface area contributed by atoms with Crippen LogP contribution < -0.4 is 5.32 Å². The van der Waals surface area contributed by atoms with Crippen molar-refractivity contribution in [3.8, 4) is 0 Å². The van der Waals surface area contributed by atoms with Crippen molar-refractivity contribution in [2.45, 2.75) is 18.9 Å². The van der Waals surface area contributed by atoms with E-state index in [1.54, 1.807) is 0 Å². The number of nitrogens with zero attached hydrogens (tertiary/aromatic N) is 1. The molecule has 0 aliphatic heterocycles. The van der Waals surface area contributed by atoms with E-state index in [0.717, 1.165) is 13.0 Å². The van der Waals surface area contributed by atoms with Crippen LogP contribution in [0.2, 0.25) is 0 Å². The summed E-state index contributed by atoms with van der Waals surface area (Å²) in [6.07, 6.45) is 2.83. The number of rotatable bonds is 7. The van der Waals surface area contributed by atoms with Crippen molar-refractivity contribution in [1.29, 1.82) is 0 Å². The molecule has 25 heavy (non-hydrogen) atoms. The average Bonchev–Trinajstić information content (AvgIpc) is 3.04. The van der Waals surface area contributed by atoms with Crippen molar-refractivity contribution in [3.63, 3.8) is 0 Å². The first-order valence-corrected chi connectivity index (χ1v) is 8.37. The van der Waals surface area contributed by atoms with Crippen molar-refractivity contribution in [3.05, 3.63) is 72.2 Å². The zero-order valence-corrected chi connectivity index (χ0v) is 13.9. The number of halogens is 1. The number of para-hydroxylation sites is 1. The molecule has 0 saturated heterocycles. The molecule has 2 aromatic carbocycles. The lowest BCUT2D eigenvalue weighted by atomic mass is 9.99. The molecule has 5 heteroatoms. The Kier molecular flexibility index (Phi) is 5.46. The van der Waals surface area contributed by atoms with Gasteiger partial charge in [0.1, 0.15) is 5.82 Å². The lowest BCUT2D eigenvalue weighted by Crippen LogP contribution is -2.32. The summed E-state index contributed by atoms with van der Waals surface area (Å²) in [5, 5.41) is 13.5. The summed E-state index contributed by atoms with van der Waals surface area (Å²) in [4.78, 5) is 12.3. The molecule has 0 bridgehead atoms. The highest BCUT2D eigenvalue weighted by atomic mass is 19.1. The highest BCUT2D eigenvalue weighted by molar-refractivity contribution is 5.83. The Morgan fingerprint density at radius 2 is 1.88 bits per heavy atom. The Labute approximate surface area is 145 Å². The third-order valence-corrected chi connectivity index (χ3v) is 4.33. The van der Waals surface area contributed by atoms with Crippen molar-refractivity contribution < 1.29 is 14.3 Å². The van der Waals surface area contributed by atoms with Crippen LogP contribution >= 0.6 is 0 Å². The van der Waals surface area contributed by atoms with Gasteiger partial charge in [0, 0.05) is 24.8 Å². The molecule has 3 aromatic rings. The fourth-order valence-corrected chi connectivity index (χ4v) is 2.95. The van der Waals surface area contributed by atoms with Crippen LogP contribution in [-0.2, 0) is 11.3 Å². The van der Waals surface area contributed by atoms with Crippen LogP contribution in [0.25, 0.3) is 10.9 Å². The third kappa shape index (κ3) is 4.06. The maximum Gasteiger partial charge on any atom is 0.229 e. The number of aliphatic hydroxyl groups is 1. The number of benzene rings is 2. The Bertz CT molecular complexity index is 842. The molecule has 0 fully saturated rings. The van der Waals surface area contributed by atoms with E-state index >= 15 is 0 Å². The molecular weight excluding hydrogens is 319 g/mol. The monoisotopic (exact) mass is 340 g/mol. The molecule has 0 spiro atoms. The first kappa shape index (κ1) is 17.2. The molecular formula is C20H21FN2O2. The molecule has 1 atom stereocenters. The molecule has 2 N–H and O–H groups in total. The largest absolute Gasteiger partial charge is 0.395 e. The maximum absolute atomic E-state index is 13.0. The number of aromatic nitrogens is 1. The molecule has 0 saturated carbocycles.